The van der Waals surface area contributed by atoms with Crippen LogP contribution in [-0.2, 0) is 5.41 Å². The largest absolute Gasteiger partial charge is 0.476 e. The highest BCUT2D eigenvalue weighted by molar-refractivity contribution is 5.84. The Labute approximate surface area is 76.7 Å². The lowest BCUT2D eigenvalue weighted by Gasteiger charge is -2.16. The number of hydrogen-bond donors (Lipinski definition) is 1. The van der Waals surface area contributed by atoms with Crippen LogP contribution in [0.1, 0.15) is 37.0 Å². The second-order valence-corrected chi connectivity index (χ2v) is 3.84. The van der Waals surface area contributed by atoms with Gasteiger partial charge in [-0.2, -0.15) is 0 Å². The smallest absolute Gasteiger partial charge is 0.356 e. The van der Waals surface area contributed by atoms with Crippen LogP contribution in [0.15, 0.2) is 12.4 Å². The fraction of sp³-hybridized carbons (Fsp3) is 0.444. The Morgan fingerprint density at radius 3 is 2.46 bits per heavy atom. The van der Waals surface area contributed by atoms with Crippen LogP contribution in [-0.4, -0.2) is 21.0 Å². The average Bonchev–Trinajstić information content (AvgIpc) is 2.03. The van der Waals surface area contributed by atoms with Gasteiger partial charge in [0.25, 0.3) is 0 Å². The molecule has 0 saturated carbocycles. The number of carboxylic acid groups (broad SMARTS) is 1. The van der Waals surface area contributed by atoms with E-state index >= 15 is 0 Å². The van der Waals surface area contributed by atoms with Crippen LogP contribution in [0, 0.1) is 0 Å². The Morgan fingerprint density at radius 1 is 1.38 bits per heavy atom. The van der Waals surface area contributed by atoms with E-state index in [4.69, 9.17) is 5.11 Å². The molecule has 70 valence electrons. The quantitative estimate of drug-likeness (QED) is 0.710. The number of aromatic nitrogens is 2. The first-order valence-corrected chi connectivity index (χ1v) is 3.97. The highest BCUT2D eigenvalue weighted by Crippen LogP contribution is 2.18. The Kier molecular flexibility index (Phi) is 2.32. The maximum absolute atomic E-state index is 10.6. The van der Waals surface area contributed by atoms with Gasteiger partial charge in [0, 0.05) is 11.6 Å². The highest BCUT2D eigenvalue weighted by Gasteiger charge is 2.17. The van der Waals surface area contributed by atoms with Gasteiger partial charge in [-0.15, -0.1) is 0 Å². The summed E-state index contributed by atoms with van der Waals surface area (Å²) in [7, 11) is 0. The number of nitrogens with zero attached hydrogens (tertiary/aromatic N) is 2. The molecule has 0 aliphatic rings. The average molecular weight is 180 g/mol. The second kappa shape index (κ2) is 3.12. The first kappa shape index (κ1) is 9.64. The summed E-state index contributed by atoms with van der Waals surface area (Å²) in [6.07, 6.45) is 2.84. The molecule has 1 aromatic heterocycles. The first-order chi connectivity index (χ1) is 5.91. The van der Waals surface area contributed by atoms with Crippen molar-refractivity contribution in [3.63, 3.8) is 0 Å². The van der Waals surface area contributed by atoms with Crippen molar-refractivity contribution in [3.05, 3.63) is 23.8 Å². The second-order valence-electron chi connectivity index (χ2n) is 3.84. The molecule has 0 spiro atoms. The zero-order valence-electron chi connectivity index (χ0n) is 7.90. The van der Waals surface area contributed by atoms with E-state index in [2.05, 4.69) is 9.97 Å². The molecule has 0 bridgehead atoms. The lowest BCUT2D eigenvalue weighted by atomic mass is 9.93. The Bertz CT molecular complexity index is 329. The van der Waals surface area contributed by atoms with Crippen molar-refractivity contribution in [2.75, 3.05) is 0 Å². The summed E-state index contributed by atoms with van der Waals surface area (Å²) < 4.78 is 0. The molecule has 1 aromatic rings. The van der Waals surface area contributed by atoms with Crippen molar-refractivity contribution in [1.29, 1.82) is 0 Å². The van der Waals surface area contributed by atoms with Gasteiger partial charge in [0.15, 0.2) is 5.69 Å². The minimum absolute atomic E-state index is 0.00701. The van der Waals surface area contributed by atoms with Gasteiger partial charge in [-0.25, -0.2) is 9.78 Å². The van der Waals surface area contributed by atoms with Gasteiger partial charge in [-0.1, -0.05) is 20.8 Å². The molecular formula is C9H12N2O2. The molecule has 0 radical (unpaired) electrons. The standard InChI is InChI=1S/C9H12N2O2/c1-9(2,3)7-5-10-4-6(11-7)8(12)13/h4-5H,1-3H3,(H,12,13). The van der Waals surface area contributed by atoms with Gasteiger partial charge >= 0.3 is 5.97 Å². The fourth-order valence-electron chi connectivity index (χ4n) is 0.830. The highest BCUT2D eigenvalue weighted by atomic mass is 16.4. The predicted octanol–water partition coefficient (Wildman–Crippen LogP) is 1.47. The van der Waals surface area contributed by atoms with Crippen LogP contribution in [0.5, 0.6) is 0 Å². The molecular weight excluding hydrogens is 168 g/mol. The van der Waals surface area contributed by atoms with Crippen LogP contribution < -0.4 is 0 Å². The molecule has 1 N–H and O–H groups in total. The van der Waals surface area contributed by atoms with Crippen molar-refractivity contribution < 1.29 is 9.90 Å². The molecule has 0 fully saturated rings. The van der Waals surface area contributed by atoms with Gasteiger partial charge in [-0.05, 0) is 0 Å². The van der Waals surface area contributed by atoms with Crippen LogP contribution >= 0.6 is 0 Å². The SMILES string of the molecule is CC(C)(C)c1cncc(C(=O)O)n1. The van der Waals surface area contributed by atoms with Crippen molar-refractivity contribution in [3.8, 4) is 0 Å². The molecule has 0 saturated heterocycles. The van der Waals surface area contributed by atoms with E-state index in [1.165, 1.54) is 6.20 Å². The summed E-state index contributed by atoms with van der Waals surface area (Å²) in [5.41, 5.74) is 0.512. The maximum atomic E-state index is 10.6. The maximum Gasteiger partial charge on any atom is 0.356 e. The molecule has 0 unspecified atom stereocenters. The minimum Gasteiger partial charge on any atom is -0.476 e. The normalized spacial score (nSPS) is 11.3. The Morgan fingerprint density at radius 2 is 2.00 bits per heavy atom. The van der Waals surface area contributed by atoms with E-state index in [0.717, 1.165) is 0 Å². The lowest BCUT2D eigenvalue weighted by molar-refractivity contribution is 0.0689. The summed E-state index contributed by atoms with van der Waals surface area (Å²) in [5, 5.41) is 8.67. The molecule has 0 atom stereocenters. The van der Waals surface area contributed by atoms with Crippen molar-refractivity contribution >= 4 is 5.97 Å². The Hall–Kier alpha value is -1.45. The third-order valence-corrected chi connectivity index (χ3v) is 1.62. The third kappa shape index (κ3) is 2.24. The summed E-state index contributed by atoms with van der Waals surface area (Å²) in [4.78, 5) is 18.4. The van der Waals surface area contributed by atoms with E-state index in [-0.39, 0.29) is 11.1 Å². The zero-order valence-corrected chi connectivity index (χ0v) is 7.90. The molecule has 4 heteroatoms. The number of carboxylic acids is 1. The zero-order chi connectivity index (χ0) is 10.1. The first-order valence-electron chi connectivity index (χ1n) is 3.97. The molecule has 4 nitrogen and oxygen atoms in total. The van der Waals surface area contributed by atoms with Gasteiger partial charge in [-0.3, -0.25) is 4.98 Å². The monoisotopic (exact) mass is 180 g/mol. The summed E-state index contributed by atoms with van der Waals surface area (Å²) >= 11 is 0. The predicted molar refractivity (Wildman–Crippen MR) is 47.7 cm³/mol. The number of aromatic carboxylic acids is 1. The number of rotatable bonds is 1. The summed E-state index contributed by atoms with van der Waals surface area (Å²) in [6, 6.07) is 0. The molecule has 0 aliphatic heterocycles. The van der Waals surface area contributed by atoms with Crippen molar-refractivity contribution in [2.45, 2.75) is 26.2 Å². The fourth-order valence-corrected chi connectivity index (χ4v) is 0.830. The van der Waals surface area contributed by atoms with Gasteiger partial charge in [0.1, 0.15) is 0 Å². The van der Waals surface area contributed by atoms with E-state index in [0.29, 0.717) is 5.69 Å². The van der Waals surface area contributed by atoms with Crippen LogP contribution in [0.3, 0.4) is 0 Å². The molecule has 13 heavy (non-hydrogen) atoms. The Balaban J connectivity index is 3.13. The topological polar surface area (TPSA) is 63.1 Å². The van der Waals surface area contributed by atoms with Crippen LogP contribution in [0.25, 0.3) is 0 Å². The lowest BCUT2D eigenvalue weighted by Crippen LogP contribution is -2.16. The molecule has 0 amide bonds. The van der Waals surface area contributed by atoms with Crippen molar-refractivity contribution in [1.82, 2.24) is 9.97 Å². The molecule has 0 aromatic carbocycles. The van der Waals surface area contributed by atoms with E-state index in [9.17, 15) is 4.79 Å². The summed E-state index contributed by atoms with van der Waals surface area (Å²) in [6.45, 7) is 5.88. The van der Waals surface area contributed by atoms with Gasteiger partial charge in [0.05, 0.1) is 11.9 Å². The van der Waals surface area contributed by atoms with Crippen molar-refractivity contribution in [2.24, 2.45) is 0 Å². The summed E-state index contributed by atoms with van der Waals surface area (Å²) in [5.74, 6) is -1.04. The van der Waals surface area contributed by atoms with E-state index < -0.39 is 5.97 Å². The van der Waals surface area contributed by atoms with E-state index in [1.807, 2.05) is 20.8 Å². The number of hydrogen-bond acceptors (Lipinski definition) is 3. The molecule has 0 aliphatic carbocycles. The minimum atomic E-state index is -1.04. The molecule has 1 rings (SSSR count). The van der Waals surface area contributed by atoms with Gasteiger partial charge < -0.3 is 5.11 Å². The van der Waals surface area contributed by atoms with Crippen LogP contribution in [0.2, 0.25) is 0 Å². The third-order valence-electron chi connectivity index (χ3n) is 1.62. The molecule has 1 heterocycles. The number of carbonyl (C=O) groups is 1. The van der Waals surface area contributed by atoms with E-state index in [1.54, 1.807) is 6.20 Å². The van der Waals surface area contributed by atoms with Gasteiger partial charge in [0.2, 0.25) is 0 Å². The van der Waals surface area contributed by atoms with Crippen LogP contribution in [0.4, 0.5) is 0 Å².